The smallest absolute Gasteiger partial charge is 0.251 e. The molecular formula is C21H28ClN3O2. The summed E-state index contributed by atoms with van der Waals surface area (Å²) in [5, 5.41) is 5.80. The molecule has 0 fully saturated rings. The van der Waals surface area contributed by atoms with Crippen LogP contribution in [0.4, 0.5) is 5.69 Å². The van der Waals surface area contributed by atoms with Crippen molar-refractivity contribution in [2.75, 3.05) is 5.32 Å². The fraction of sp³-hybridized carbons (Fsp3) is 0.333. The summed E-state index contributed by atoms with van der Waals surface area (Å²) in [7, 11) is 0. The zero-order chi connectivity index (χ0) is 19.2. The van der Waals surface area contributed by atoms with Crippen LogP contribution in [0.1, 0.15) is 55.6 Å². The summed E-state index contributed by atoms with van der Waals surface area (Å²) < 4.78 is 0. The standard InChI is InChI=1S/C21H27N3O2.ClH/c1-4-21(2,3)24-20(26)16-10-12-17(13-11-16)23-19(25)14-18(22)15-8-6-5-7-9-15;/h5-13,18H,4,14,22H2,1-3H3,(H,23,25)(H,24,26);1H. The number of amides is 2. The van der Waals surface area contributed by atoms with Crippen molar-refractivity contribution in [2.45, 2.75) is 45.2 Å². The normalized spacial score (nSPS) is 11.9. The van der Waals surface area contributed by atoms with Crippen LogP contribution >= 0.6 is 12.4 Å². The summed E-state index contributed by atoms with van der Waals surface area (Å²) in [4.78, 5) is 24.4. The van der Waals surface area contributed by atoms with Crippen LogP contribution in [0, 0.1) is 0 Å². The largest absolute Gasteiger partial charge is 0.347 e. The van der Waals surface area contributed by atoms with Crippen molar-refractivity contribution in [2.24, 2.45) is 5.73 Å². The van der Waals surface area contributed by atoms with Gasteiger partial charge in [-0.15, -0.1) is 12.4 Å². The molecule has 2 rings (SSSR count). The van der Waals surface area contributed by atoms with Gasteiger partial charge in [0.25, 0.3) is 5.91 Å². The highest BCUT2D eigenvalue weighted by molar-refractivity contribution is 5.96. The Morgan fingerprint density at radius 2 is 1.63 bits per heavy atom. The van der Waals surface area contributed by atoms with Crippen LogP contribution in [0.3, 0.4) is 0 Å². The van der Waals surface area contributed by atoms with Crippen molar-refractivity contribution >= 4 is 29.9 Å². The third kappa shape index (κ3) is 7.04. The van der Waals surface area contributed by atoms with Gasteiger partial charge in [-0.1, -0.05) is 37.3 Å². The molecule has 0 aliphatic rings. The van der Waals surface area contributed by atoms with E-state index in [0.29, 0.717) is 11.3 Å². The fourth-order valence-electron chi connectivity index (χ4n) is 2.40. The Balaban J connectivity index is 0.00000364. The summed E-state index contributed by atoms with van der Waals surface area (Å²) in [6.45, 7) is 5.99. The molecule has 0 radical (unpaired) electrons. The van der Waals surface area contributed by atoms with Gasteiger partial charge in [0.15, 0.2) is 0 Å². The maximum Gasteiger partial charge on any atom is 0.251 e. The molecule has 5 nitrogen and oxygen atoms in total. The number of carbonyl (C=O) groups is 2. The van der Waals surface area contributed by atoms with Gasteiger partial charge in [0.2, 0.25) is 5.91 Å². The Morgan fingerprint density at radius 3 is 2.19 bits per heavy atom. The van der Waals surface area contributed by atoms with Gasteiger partial charge < -0.3 is 16.4 Å². The molecule has 0 heterocycles. The van der Waals surface area contributed by atoms with E-state index in [-0.39, 0.29) is 42.2 Å². The van der Waals surface area contributed by atoms with Gasteiger partial charge in [-0.2, -0.15) is 0 Å². The van der Waals surface area contributed by atoms with E-state index in [2.05, 4.69) is 10.6 Å². The van der Waals surface area contributed by atoms with Crippen molar-refractivity contribution in [3.63, 3.8) is 0 Å². The molecule has 4 N–H and O–H groups in total. The minimum absolute atomic E-state index is 0. The lowest BCUT2D eigenvalue weighted by molar-refractivity contribution is -0.116. The number of hydrogen-bond acceptors (Lipinski definition) is 3. The molecule has 146 valence electrons. The van der Waals surface area contributed by atoms with E-state index in [1.807, 2.05) is 51.1 Å². The van der Waals surface area contributed by atoms with Gasteiger partial charge in [-0.3, -0.25) is 9.59 Å². The van der Waals surface area contributed by atoms with Gasteiger partial charge in [0.05, 0.1) is 0 Å². The lowest BCUT2D eigenvalue weighted by atomic mass is 10.0. The third-order valence-corrected chi connectivity index (χ3v) is 4.40. The molecule has 0 saturated heterocycles. The Kier molecular flexibility index (Phi) is 8.47. The number of nitrogens with one attached hydrogen (secondary N) is 2. The van der Waals surface area contributed by atoms with E-state index in [1.54, 1.807) is 24.3 Å². The SMILES string of the molecule is CCC(C)(C)NC(=O)c1ccc(NC(=O)CC(N)c2ccccc2)cc1.Cl. The number of halogens is 1. The van der Waals surface area contributed by atoms with Crippen LogP contribution < -0.4 is 16.4 Å². The quantitative estimate of drug-likeness (QED) is 0.667. The number of hydrogen-bond donors (Lipinski definition) is 3. The molecule has 0 spiro atoms. The second-order valence-corrected chi connectivity index (χ2v) is 7.04. The van der Waals surface area contributed by atoms with E-state index in [4.69, 9.17) is 5.73 Å². The first kappa shape index (κ1) is 22.7. The highest BCUT2D eigenvalue weighted by Gasteiger charge is 2.18. The molecule has 1 unspecified atom stereocenters. The molecule has 2 aromatic rings. The summed E-state index contributed by atoms with van der Waals surface area (Å²) in [6, 6.07) is 16.0. The first-order chi connectivity index (χ1) is 12.3. The summed E-state index contributed by atoms with van der Waals surface area (Å²) >= 11 is 0. The molecule has 2 amide bonds. The summed E-state index contributed by atoms with van der Waals surface area (Å²) in [5.41, 5.74) is 7.94. The van der Waals surface area contributed by atoms with Crippen molar-refractivity contribution in [1.82, 2.24) is 5.32 Å². The van der Waals surface area contributed by atoms with Crippen molar-refractivity contribution in [3.05, 3.63) is 65.7 Å². The van der Waals surface area contributed by atoms with E-state index < -0.39 is 0 Å². The molecular weight excluding hydrogens is 362 g/mol. The van der Waals surface area contributed by atoms with Gasteiger partial charge in [-0.25, -0.2) is 0 Å². The summed E-state index contributed by atoms with van der Waals surface area (Å²) in [6.07, 6.45) is 1.03. The van der Waals surface area contributed by atoms with Gasteiger partial charge in [-0.05, 0) is 50.1 Å². The van der Waals surface area contributed by atoms with Crippen molar-refractivity contribution in [3.8, 4) is 0 Å². The molecule has 1 atom stereocenters. The second-order valence-electron chi connectivity index (χ2n) is 7.04. The first-order valence-electron chi connectivity index (χ1n) is 8.83. The Morgan fingerprint density at radius 1 is 1.04 bits per heavy atom. The van der Waals surface area contributed by atoms with Crippen molar-refractivity contribution in [1.29, 1.82) is 0 Å². The predicted octanol–water partition coefficient (Wildman–Crippen LogP) is 4.06. The average Bonchev–Trinajstić information content (AvgIpc) is 2.62. The van der Waals surface area contributed by atoms with Gasteiger partial charge >= 0.3 is 0 Å². The Bertz CT molecular complexity index is 746. The third-order valence-electron chi connectivity index (χ3n) is 4.40. The molecule has 0 aliphatic heterocycles. The highest BCUT2D eigenvalue weighted by Crippen LogP contribution is 2.16. The van der Waals surface area contributed by atoms with Crippen LogP contribution in [-0.4, -0.2) is 17.4 Å². The number of carbonyl (C=O) groups excluding carboxylic acids is 2. The van der Waals surface area contributed by atoms with Crippen LogP contribution in [-0.2, 0) is 4.79 Å². The van der Waals surface area contributed by atoms with Crippen molar-refractivity contribution < 1.29 is 9.59 Å². The molecule has 0 aromatic heterocycles. The molecule has 2 aromatic carbocycles. The molecule has 0 aliphatic carbocycles. The zero-order valence-electron chi connectivity index (χ0n) is 16.0. The maximum absolute atomic E-state index is 12.2. The molecule has 0 saturated carbocycles. The van der Waals surface area contributed by atoms with Crippen LogP contribution in [0.5, 0.6) is 0 Å². The average molecular weight is 390 g/mol. The number of anilines is 1. The highest BCUT2D eigenvalue weighted by atomic mass is 35.5. The first-order valence-corrected chi connectivity index (χ1v) is 8.83. The number of nitrogens with two attached hydrogens (primary N) is 1. The van der Waals surface area contributed by atoms with Crippen LogP contribution in [0.2, 0.25) is 0 Å². The van der Waals surface area contributed by atoms with Gasteiger partial charge in [0.1, 0.15) is 0 Å². The summed E-state index contributed by atoms with van der Waals surface area (Å²) in [5.74, 6) is -0.286. The topological polar surface area (TPSA) is 84.2 Å². The number of benzene rings is 2. The predicted molar refractivity (Wildman–Crippen MR) is 112 cm³/mol. The minimum atomic E-state index is -0.350. The van der Waals surface area contributed by atoms with Gasteiger partial charge in [0, 0.05) is 29.3 Å². The minimum Gasteiger partial charge on any atom is -0.347 e. The lowest BCUT2D eigenvalue weighted by Gasteiger charge is -2.24. The van der Waals surface area contributed by atoms with E-state index in [9.17, 15) is 9.59 Å². The monoisotopic (exact) mass is 389 g/mol. The second kappa shape index (κ2) is 10.1. The molecule has 0 bridgehead atoms. The van der Waals surface area contributed by atoms with Crippen LogP contribution in [0.25, 0.3) is 0 Å². The molecule has 6 heteroatoms. The fourth-order valence-corrected chi connectivity index (χ4v) is 2.40. The maximum atomic E-state index is 12.2. The zero-order valence-corrected chi connectivity index (χ0v) is 16.8. The Hall–Kier alpha value is -2.37. The van der Waals surface area contributed by atoms with E-state index in [0.717, 1.165) is 12.0 Å². The van der Waals surface area contributed by atoms with E-state index >= 15 is 0 Å². The van der Waals surface area contributed by atoms with Crippen LogP contribution in [0.15, 0.2) is 54.6 Å². The lowest BCUT2D eigenvalue weighted by Crippen LogP contribution is -2.42. The Labute approximate surface area is 167 Å². The van der Waals surface area contributed by atoms with E-state index in [1.165, 1.54) is 0 Å². The number of rotatable bonds is 7. The molecule has 27 heavy (non-hydrogen) atoms.